The van der Waals surface area contributed by atoms with Crippen molar-refractivity contribution in [2.75, 3.05) is 26.2 Å². The number of aromatic nitrogens is 2. The largest absolute Gasteiger partial charge is 0.339 e. The molecule has 2 saturated heterocycles. The van der Waals surface area contributed by atoms with Crippen molar-refractivity contribution in [1.82, 2.24) is 25.3 Å². The first kappa shape index (κ1) is 15.0. The second-order valence-electron chi connectivity index (χ2n) is 5.65. The molecule has 8 nitrogen and oxygen atoms in total. The number of imide groups is 1. The van der Waals surface area contributed by atoms with E-state index in [2.05, 4.69) is 20.4 Å². The van der Waals surface area contributed by atoms with Gasteiger partial charge in [-0.25, -0.2) is 4.79 Å². The summed E-state index contributed by atoms with van der Waals surface area (Å²) in [6, 6.07) is -0.0964. The summed E-state index contributed by atoms with van der Waals surface area (Å²) in [4.78, 5) is 31.0. The summed E-state index contributed by atoms with van der Waals surface area (Å²) in [6.45, 7) is 4.37. The maximum Gasteiger partial charge on any atom is 0.324 e. The summed E-state index contributed by atoms with van der Waals surface area (Å²) < 4.78 is 5.19. The predicted octanol–water partition coefficient (Wildman–Crippen LogP) is 0.711. The van der Waals surface area contributed by atoms with E-state index in [1.165, 1.54) is 4.90 Å². The third kappa shape index (κ3) is 2.96. The van der Waals surface area contributed by atoms with E-state index in [1.54, 1.807) is 0 Å². The van der Waals surface area contributed by atoms with Crippen molar-refractivity contribution < 1.29 is 14.1 Å². The molecule has 1 atom stereocenters. The molecule has 3 rings (SSSR count). The number of nitrogens with one attached hydrogen (secondary N) is 1. The summed E-state index contributed by atoms with van der Waals surface area (Å²) >= 11 is 0. The molecule has 0 bridgehead atoms. The highest BCUT2D eigenvalue weighted by molar-refractivity contribution is 6.01. The van der Waals surface area contributed by atoms with Crippen LogP contribution < -0.4 is 5.32 Å². The van der Waals surface area contributed by atoms with Crippen molar-refractivity contribution in [2.45, 2.75) is 38.6 Å². The fraction of sp³-hybridized carbons (Fsp3) is 0.714. The fourth-order valence-corrected chi connectivity index (χ4v) is 3.05. The van der Waals surface area contributed by atoms with Crippen LogP contribution >= 0.6 is 0 Å². The van der Waals surface area contributed by atoms with Gasteiger partial charge >= 0.3 is 6.03 Å². The number of rotatable bonds is 6. The lowest BCUT2D eigenvalue weighted by atomic mass is 10.2. The second-order valence-corrected chi connectivity index (χ2v) is 5.65. The van der Waals surface area contributed by atoms with E-state index in [-0.39, 0.29) is 24.5 Å². The minimum Gasteiger partial charge on any atom is -0.339 e. The number of hydrogen-bond donors (Lipinski definition) is 1. The number of amides is 3. The Morgan fingerprint density at radius 2 is 2.23 bits per heavy atom. The lowest BCUT2D eigenvalue weighted by Gasteiger charge is -2.22. The molecule has 120 valence electrons. The zero-order valence-electron chi connectivity index (χ0n) is 12.7. The molecular formula is C14H21N5O3. The van der Waals surface area contributed by atoms with Gasteiger partial charge in [-0.15, -0.1) is 0 Å². The Balaban J connectivity index is 1.53. The van der Waals surface area contributed by atoms with Crippen LogP contribution in [0.2, 0.25) is 0 Å². The van der Waals surface area contributed by atoms with Gasteiger partial charge in [0, 0.05) is 19.5 Å². The first-order valence-electron chi connectivity index (χ1n) is 7.83. The van der Waals surface area contributed by atoms with Crippen molar-refractivity contribution >= 4 is 11.9 Å². The van der Waals surface area contributed by atoms with Gasteiger partial charge < -0.3 is 9.84 Å². The monoisotopic (exact) mass is 307 g/mol. The molecule has 0 unspecified atom stereocenters. The molecule has 0 spiro atoms. The van der Waals surface area contributed by atoms with E-state index >= 15 is 0 Å². The molecule has 2 fully saturated rings. The molecule has 3 amide bonds. The van der Waals surface area contributed by atoms with Gasteiger partial charge in [0.05, 0.1) is 12.6 Å². The number of likely N-dealkylation sites (tertiary alicyclic amines) is 1. The van der Waals surface area contributed by atoms with E-state index < -0.39 is 0 Å². The summed E-state index contributed by atoms with van der Waals surface area (Å²) in [6.07, 6.45) is 3.62. The van der Waals surface area contributed by atoms with Gasteiger partial charge in [-0.2, -0.15) is 4.98 Å². The van der Waals surface area contributed by atoms with Gasteiger partial charge in [-0.1, -0.05) is 12.1 Å². The molecule has 0 saturated carbocycles. The van der Waals surface area contributed by atoms with E-state index in [9.17, 15) is 9.59 Å². The Bertz CT molecular complexity index is 542. The topological polar surface area (TPSA) is 91.6 Å². The highest BCUT2D eigenvalue weighted by Crippen LogP contribution is 2.30. The molecule has 0 aromatic carbocycles. The average molecular weight is 307 g/mol. The predicted molar refractivity (Wildman–Crippen MR) is 77.0 cm³/mol. The van der Waals surface area contributed by atoms with Gasteiger partial charge in [0.1, 0.15) is 0 Å². The molecule has 2 aliphatic heterocycles. The van der Waals surface area contributed by atoms with E-state index in [0.717, 1.165) is 44.6 Å². The molecule has 0 aliphatic carbocycles. The number of hydrogen-bond acceptors (Lipinski definition) is 6. The van der Waals surface area contributed by atoms with Crippen LogP contribution in [0.1, 0.15) is 43.9 Å². The van der Waals surface area contributed by atoms with Crippen LogP contribution in [0.15, 0.2) is 4.52 Å². The first-order chi connectivity index (χ1) is 10.7. The lowest BCUT2D eigenvalue weighted by molar-refractivity contribution is -0.125. The average Bonchev–Trinajstić information content (AvgIpc) is 3.22. The molecule has 8 heteroatoms. The van der Waals surface area contributed by atoms with E-state index in [1.807, 2.05) is 6.92 Å². The smallest absolute Gasteiger partial charge is 0.324 e. The highest BCUT2D eigenvalue weighted by atomic mass is 16.5. The summed E-state index contributed by atoms with van der Waals surface area (Å²) in [5.74, 6) is 1.28. The van der Waals surface area contributed by atoms with Crippen molar-refractivity contribution in [3.05, 3.63) is 11.7 Å². The van der Waals surface area contributed by atoms with E-state index in [0.29, 0.717) is 12.4 Å². The van der Waals surface area contributed by atoms with Gasteiger partial charge in [-0.05, 0) is 25.8 Å². The van der Waals surface area contributed by atoms with Gasteiger partial charge in [0.25, 0.3) is 0 Å². The number of nitrogens with zero attached hydrogens (tertiary/aromatic N) is 4. The first-order valence-corrected chi connectivity index (χ1v) is 7.83. The second kappa shape index (κ2) is 6.43. The van der Waals surface area contributed by atoms with E-state index in [4.69, 9.17) is 4.52 Å². The van der Waals surface area contributed by atoms with Crippen molar-refractivity contribution in [1.29, 1.82) is 0 Å². The molecule has 1 aromatic rings. The Morgan fingerprint density at radius 3 is 2.91 bits per heavy atom. The number of carbonyl (C=O) groups is 2. The number of urea groups is 1. The molecule has 3 heterocycles. The minimum atomic E-state index is -0.284. The molecular weight excluding hydrogens is 286 g/mol. The maximum absolute atomic E-state index is 11.5. The zero-order chi connectivity index (χ0) is 15.5. The van der Waals surface area contributed by atoms with Crippen molar-refractivity contribution in [3.63, 3.8) is 0 Å². The van der Waals surface area contributed by atoms with Crippen LogP contribution in [0, 0.1) is 0 Å². The maximum atomic E-state index is 11.5. The minimum absolute atomic E-state index is 0.119. The van der Waals surface area contributed by atoms with Crippen LogP contribution in [0.5, 0.6) is 0 Å². The van der Waals surface area contributed by atoms with Gasteiger partial charge in [0.2, 0.25) is 11.8 Å². The Morgan fingerprint density at radius 1 is 1.36 bits per heavy atom. The van der Waals surface area contributed by atoms with Crippen LogP contribution in [-0.2, 0) is 11.2 Å². The third-order valence-corrected chi connectivity index (χ3v) is 4.21. The summed E-state index contributed by atoms with van der Waals surface area (Å²) in [5.41, 5.74) is 0. The molecule has 22 heavy (non-hydrogen) atoms. The Labute approximate surface area is 128 Å². The molecule has 1 aromatic heterocycles. The summed E-state index contributed by atoms with van der Waals surface area (Å²) in [5, 5.41) is 6.61. The quantitative estimate of drug-likeness (QED) is 0.778. The number of aryl methyl sites for hydroxylation is 1. The van der Waals surface area contributed by atoms with Crippen LogP contribution in [0.4, 0.5) is 4.79 Å². The van der Waals surface area contributed by atoms with Crippen molar-refractivity contribution in [2.24, 2.45) is 0 Å². The zero-order valence-corrected chi connectivity index (χ0v) is 12.7. The SMILES string of the molecule is CCc1nc([C@@H]2CCCN2CCCN2C(=O)CNC2=O)no1. The number of carbonyl (C=O) groups excluding carboxylic acids is 2. The fourth-order valence-electron chi connectivity index (χ4n) is 3.05. The molecule has 1 N–H and O–H groups in total. The normalized spacial score (nSPS) is 22.6. The Kier molecular flexibility index (Phi) is 4.37. The van der Waals surface area contributed by atoms with Crippen LogP contribution in [0.3, 0.4) is 0 Å². The van der Waals surface area contributed by atoms with Crippen LogP contribution in [-0.4, -0.2) is 58.1 Å². The molecule has 2 aliphatic rings. The van der Waals surface area contributed by atoms with Gasteiger partial charge in [0.15, 0.2) is 5.82 Å². The standard InChI is InChI=1S/C14H21N5O3/c1-2-11-16-13(17-22-11)10-5-3-6-18(10)7-4-8-19-12(20)9-15-14(19)21/h10H,2-9H2,1H3,(H,15,21)/t10-/m0/s1. The van der Waals surface area contributed by atoms with Crippen LogP contribution in [0.25, 0.3) is 0 Å². The summed E-state index contributed by atoms with van der Waals surface area (Å²) in [7, 11) is 0. The lowest BCUT2D eigenvalue weighted by Crippen LogP contribution is -2.34. The highest BCUT2D eigenvalue weighted by Gasteiger charge is 2.31. The third-order valence-electron chi connectivity index (χ3n) is 4.21. The Hall–Kier alpha value is -1.96. The molecule has 0 radical (unpaired) electrons. The van der Waals surface area contributed by atoms with Crippen molar-refractivity contribution in [3.8, 4) is 0 Å². The van der Waals surface area contributed by atoms with Gasteiger partial charge in [-0.3, -0.25) is 14.6 Å².